The highest BCUT2D eigenvalue weighted by Gasteiger charge is 2.34. The first kappa shape index (κ1) is 30.5. The molecule has 3 aromatic rings. The average molecular weight is 621 g/mol. The SMILES string of the molecule is CCNC(=O)[C@H](CC)N(Cc1ccc(Cl)cc1Cl)C(=O)CN(c1ccc2c(c1)OCCO2)S(=O)(=O)c1ccccc1. The van der Waals surface area contributed by atoms with Gasteiger partial charge in [-0.15, -0.1) is 0 Å². The Kier molecular flexibility index (Phi) is 10.0. The van der Waals surface area contributed by atoms with Gasteiger partial charge < -0.3 is 19.7 Å². The lowest BCUT2D eigenvalue weighted by Crippen LogP contribution is -2.52. The van der Waals surface area contributed by atoms with Crippen LogP contribution in [0.5, 0.6) is 11.5 Å². The van der Waals surface area contributed by atoms with E-state index in [2.05, 4.69) is 5.32 Å². The molecule has 0 unspecified atom stereocenters. The Morgan fingerprint density at radius 2 is 1.66 bits per heavy atom. The zero-order chi connectivity index (χ0) is 29.6. The van der Waals surface area contributed by atoms with Crippen LogP contribution in [0, 0.1) is 0 Å². The van der Waals surface area contributed by atoms with Gasteiger partial charge in [0.25, 0.3) is 10.0 Å². The van der Waals surface area contributed by atoms with Crippen molar-refractivity contribution in [3.63, 3.8) is 0 Å². The molecule has 3 aromatic carbocycles. The van der Waals surface area contributed by atoms with E-state index in [0.717, 1.165) is 4.31 Å². The number of nitrogens with one attached hydrogen (secondary N) is 1. The number of likely N-dealkylation sites (N-methyl/N-ethyl adjacent to an activating group) is 1. The van der Waals surface area contributed by atoms with Crippen LogP contribution in [0.1, 0.15) is 25.8 Å². The van der Waals surface area contributed by atoms with E-state index in [1.165, 1.54) is 23.1 Å². The second-order valence-electron chi connectivity index (χ2n) is 9.23. The number of hydrogen-bond acceptors (Lipinski definition) is 6. The first-order valence-electron chi connectivity index (χ1n) is 13.1. The summed E-state index contributed by atoms with van der Waals surface area (Å²) in [4.78, 5) is 28.5. The van der Waals surface area contributed by atoms with Crippen LogP contribution in [-0.4, -0.2) is 57.5 Å². The lowest BCUT2D eigenvalue weighted by atomic mass is 10.1. The van der Waals surface area contributed by atoms with Gasteiger partial charge in [0.1, 0.15) is 25.8 Å². The molecule has 0 spiro atoms. The number of anilines is 1. The molecule has 0 aromatic heterocycles. The van der Waals surface area contributed by atoms with Crippen molar-refractivity contribution in [1.29, 1.82) is 0 Å². The third-order valence-electron chi connectivity index (χ3n) is 6.52. The molecule has 0 fully saturated rings. The number of sulfonamides is 1. The molecule has 41 heavy (non-hydrogen) atoms. The molecule has 1 atom stereocenters. The van der Waals surface area contributed by atoms with E-state index in [4.69, 9.17) is 32.7 Å². The number of carbonyl (C=O) groups excluding carboxylic acids is 2. The number of halogens is 2. The Morgan fingerprint density at radius 3 is 2.32 bits per heavy atom. The number of carbonyl (C=O) groups is 2. The maximum atomic E-state index is 14.1. The number of ether oxygens (including phenoxy) is 2. The summed E-state index contributed by atoms with van der Waals surface area (Å²) in [6.45, 7) is 3.98. The van der Waals surface area contributed by atoms with Gasteiger partial charge in [0.2, 0.25) is 11.8 Å². The highest BCUT2D eigenvalue weighted by molar-refractivity contribution is 7.92. The predicted octanol–water partition coefficient (Wildman–Crippen LogP) is 4.90. The summed E-state index contributed by atoms with van der Waals surface area (Å²) in [6.07, 6.45) is 0.290. The summed E-state index contributed by atoms with van der Waals surface area (Å²) in [5.74, 6) is -0.105. The van der Waals surface area contributed by atoms with E-state index in [1.54, 1.807) is 62.4 Å². The number of hydrogen-bond donors (Lipinski definition) is 1. The first-order chi connectivity index (χ1) is 19.6. The van der Waals surface area contributed by atoms with Gasteiger partial charge in [0.15, 0.2) is 11.5 Å². The lowest BCUT2D eigenvalue weighted by Gasteiger charge is -2.33. The zero-order valence-corrected chi connectivity index (χ0v) is 25.0. The van der Waals surface area contributed by atoms with Crippen LogP contribution in [-0.2, 0) is 26.2 Å². The third kappa shape index (κ3) is 7.06. The Hall–Kier alpha value is -3.47. The monoisotopic (exact) mass is 619 g/mol. The molecular weight excluding hydrogens is 589 g/mol. The van der Waals surface area contributed by atoms with E-state index in [1.807, 2.05) is 0 Å². The smallest absolute Gasteiger partial charge is 0.264 e. The van der Waals surface area contributed by atoms with Gasteiger partial charge >= 0.3 is 0 Å². The molecule has 12 heteroatoms. The number of nitrogens with zero attached hydrogens (tertiary/aromatic N) is 2. The van der Waals surface area contributed by atoms with E-state index in [-0.39, 0.29) is 29.5 Å². The minimum atomic E-state index is -4.21. The van der Waals surface area contributed by atoms with Crippen molar-refractivity contribution < 1.29 is 27.5 Å². The topological polar surface area (TPSA) is 105 Å². The maximum absolute atomic E-state index is 14.1. The molecule has 2 amide bonds. The van der Waals surface area contributed by atoms with Gasteiger partial charge in [0, 0.05) is 29.2 Å². The van der Waals surface area contributed by atoms with Gasteiger partial charge in [-0.2, -0.15) is 0 Å². The van der Waals surface area contributed by atoms with E-state index < -0.39 is 28.5 Å². The first-order valence-corrected chi connectivity index (χ1v) is 15.3. The number of fused-ring (bicyclic) bond motifs is 1. The predicted molar refractivity (Wildman–Crippen MR) is 158 cm³/mol. The maximum Gasteiger partial charge on any atom is 0.264 e. The summed E-state index contributed by atoms with van der Waals surface area (Å²) in [5, 5.41) is 3.51. The zero-order valence-electron chi connectivity index (χ0n) is 22.7. The van der Waals surface area contributed by atoms with Crippen LogP contribution in [0.4, 0.5) is 5.69 Å². The van der Waals surface area contributed by atoms with Crippen molar-refractivity contribution in [2.24, 2.45) is 0 Å². The van der Waals surface area contributed by atoms with Crippen LogP contribution in [0.3, 0.4) is 0 Å². The van der Waals surface area contributed by atoms with Gasteiger partial charge in [-0.25, -0.2) is 8.42 Å². The normalized spacial score (nSPS) is 13.3. The lowest BCUT2D eigenvalue weighted by molar-refractivity contribution is -0.140. The second kappa shape index (κ2) is 13.5. The Bertz CT molecular complexity index is 1500. The molecule has 0 saturated carbocycles. The molecule has 4 rings (SSSR count). The van der Waals surface area contributed by atoms with E-state index >= 15 is 0 Å². The van der Waals surface area contributed by atoms with Crippen LogP contribution in [0.25, 0.3) is 0 Å². The molecule has 0 aliphatic carbocycles. The quantitative estimate of drug-likeness (QED) is 0.327. The van der Waals surface area contributed by atoms with Crippen LogP contribution >= 0.6 is 23.2 Å². The number of rotatable bonds is 11. The van der Waals surface area contributed by atoms with Crippen molar-refractivity contribution in [2.75, 3.05) is 30.6 Å². The van der Waals surface area contributed by atoms with Crippen molar-refractivity contribution in [2.45, 2.75) is 37.8 Å². The standard InChI is InChI=1S/C29H31Cl2N3O6S/c1-3-25(29(36)32-4-2)33(18-20-10-11-21(30)16-24(20)31)28(35)19-34(41(37,38)23-8-6-5-7-9-23)22-12-13-26-27(17-22)40-15-14-39-26/h5-13,16-17,25H,3-4,14-15,18-19H2,1-2H3,(H,32,36)/t25-/m0/s1. The van der Waals surface area contributed by atoms with Gasteiger partial charge in [0.05, 0.1) is 10.6 Å². The van der Waals surface area contributed by atoms with Crippen LogP contribution in [0.2, 0.25) is 10.0 Å². The fraction of sp³-hybridized carbons (Fsp3) is 0.310. The Labute approximate surface area is 250 Å². The van der Waals surface area contributed by atoms with Gasteiger partial charge in [-0.1, -0.05) is 54.4 Å². The summed E-state index contributed by atoms with van der Waals surface area (Å²) >= 11 is 12.5. The Morgan fingerprint density at radius 1 is 0.951 bits per heavy atom. The third-order valence-corrected chi connectivity index (χ3v) is 8.89. The summed E-state index contributed by atoms with van der Waals surface area (Å²) in [7, 11) is -4.21. The van der Waals surface area contributed by atoms with E-state index in [0.29, 0.717) is 46.9 Å². The molecular formula is C29H31Cl2N3O6S. The molecule has 0 saturated heterocycles. The fourth-order valence-corrected chi connectivity index (χ4v) is 6.38. The Balaban J connectivity index is 1.77. The largest absolute Gasteiger partial charge is 0.486 e. The minimum Gasteiger partial charge on any atom is -0.486 e. The highest BCUT2D eigenvalue weighted by Crippen LogP contribution is 2.36. The van der Waals surface area contributed by atoms with Crippen molar-refractivity contribution in [1.82, 2.24) is 10.2 Å². The molecule has 0 radical (unpaired) electrons. The van der Waals surface area contributed by atoms with E-state index in [9.17, 15) is 18.0 Å². The minimum absolute atomic E-state index is 0.00533. The molecule has 1 aliphatic heterocycles. The van der Waals surface area contributed by atoms with Crippen LogP contribution in [0.15, 0.2) is 71.6 Å². The van der Waals surface area contributed by atoms with Crippen molar-refractivity contribution in [3.8, 4) is 11.5 Å². The van der Waals surface area contributed by atoms with Crippen molar-refractivity contribution >= 4 is 50.7 Å². The molecule has 1 N–H and O–H groups in total. The fourth-order valence-electron chi connectivity index (χ4n) is 4.48. The summed E-state index contributed by atoms with van der Waals surface area (Å²) in [5.41, 5.74) is 0.769. The van der Waals surface area contributed by atoms with Crippen LogP contribution < -0.4 is 19.1 Å². The molecule has 9 nitrogen and oxygen atoms in total. The summed E-state index contributed by atoms with van der Waals surface area (Å²) < 4.78 is 40.2. The molecule has 1 heterocycles. The van der Waals surface area contributed by atoms with Gasteiger partial charge in [-0.3, -0.25) is 13.9 Å². The average Bonchev–Trinajstić information content (AvgIpc) is 2.97. The van der Waals surface area contributed by atoms with Gasteiger partial charge in [-0.05, 0) is 55.3 Å². The molecule has 0 bridgehead atoms. The highest BCUT2D eigenvalue weighted by atomic mass is 35.5. The number of benzene rings is 3. The number of amides is 2. The van der Waals surface area contributed by atoms with Crippen molar-refractivity contribution in [3.05, 3.63) is 82.3 Å². The second-order valence-corrected chi connectivity index (χ2v) is 11.9. The molecule has 1 aliphatic rings. The summed E-state index contributed by atoms with van der Waals surface area (Å²) in [6, 6.07) is 16.5. The molecule has 218 valence electrons.